The van der Waals surface area contributed by atoms with E-state index in [-0.39, 0.29) is 24.2 Å². The molecule has 0 aliphatic carbocycles. The van der Waals surface area contributed by atoms with Gasteiger partial charge in [0, 0.05) is 25.6 Å². The number of hydrogen-bond acceptors (Lipinski definition) is 2. The Morgan fingerprint density at radius 1 is 1.07 bits per heavy atom. The molecule has 1 aliphatic heterocycles. The van der Waals surface area contributed by atoms with Crippen molar-refractivity contribution in [2.24, 2.45) is 7.05 Å². The highest BCUT2D eigenvalue weighted by Gasteiger charge is 2.34. The van der Waals surface area contributed by atoms with Crippen molar-refractivity contribution in [1.29, 1.82) is 0 Å². The zero-order chi connectivity index (χ0) is 19.7. The fourth-order valence-electron chi connectivity index (χ4n) is 4.69. The van der Waals surface area contributed by atoms with E-state index in [2.05, 4.69) is 31.2 Å². The maximum absolute atomic E-state index is 13.2. The van der Waals surface area contributed by atoms with E-state index in [4.69, 9.17) is 0 Å². The van der Waals surface area contributed by atoms with Crippen LogP contribution < -0.4 is 5.69 Å². The fourth-order valence-corrected chi connectivity index (χ4v) is 4.69. The van der Waals surface area contributed by atoms with E-state index in [1.807, 2.05) is 35.2 Å². The summed E-state index contributed by atoms with van der Waals surface area (Å²) >= 11 is 0. The van der Waals surface area contributed by atoms with Gasteiger partial charge in [0.2, 0.25) is 5.91 Å². The van der Waals surface area contributed by atoms with E-state index in [1.165, 1.54) is 5.56 Å². The number of aryl methyl sites for hydroxylation is 1. The topological polar surface area (TPSA) is 47.2 Å². The molecule has 1 aliphatic rings. The molecule has 5 heteroatoms. The maximum Gasteiger partial charge on any atom is 0.329 e. The Kier molecular flexibility index (Phi) is 5.07. The standard InChI is InChI=1S/C23H27N3O2/c1-3-18(17-10-5-4-6-11-17)19-14-9-15-25(19)22(27)16-26-21-13-8-7-12-20(21)24(2)23(26)28/h4-8,10-13,18-19H,3,9,14-16H2,1-2H3. The summed E-state index contributed by atoms with van der Waals surface area (Å²) in [4.78, 5) is 27.9. The van der Waals surface area contributed by atoms with Crippen molar-refractivity contribution in [1.82, 2.24) is 14.0 Å². The first-order valence-electron chi connectivity index (χ1n) is 10.1. The molecule has 3 aromatic rings. The molecular weight excluding hydrogens is 350 g/mol. The van der Waals surface area contributed by atoms with E-state index in [9.17, 15) is 9.59 Å². The van der Waals surface area contributed by atoms with Crippen molar-refractivity contribution in [3.05, 3.63) is 70.6 Å². The quantitative estimate of drug-likeness (QED) is 0.683. The fraction of sp³-hybridized carbons (Fsp3) is 0.391. The summed E-state index contributed by atoms with van der Waals surface area (Å²) in [5.41, 5.74) is 2.82. The van der Waals surface area contributed by atoms with E-state index in [0.717, 1.165) is 36.8 Å². The van der Waals surface area contributed by atoms with Gasteiger partial charge in [-0.05, 0) is 37.0 Å². The van der Waals surface area contributed by atoms with Gasteiger partial charge in [0.25, 0.3) is 0 Å². The number of fused-ring (bicyclic) bond motifs is 1. The average molecular weight is 377 g/mol. The van der Waals surface area contributed by atoms with Crippen LogP contribution in [0, 0.1) is 0 Å². The molecule has 0 saturated carbocycles. The molecule has 0 bridgehead atoms. The summed E-state index contributed by atoms with van der Waals surface area (Å²) in [6.45, 7) is 3.06. The first kappa shape index (κ1) is 18.5. The van der Waals surface area contributed by atoms with Gasteiger partial charge >= 0.3 is 5.69 Å². The molecule has 0 radical (unpaired) electrons. The second kappa shape index (κ2) is 7.66. The average Bonchev–Trinajstić information content (AvgIpc) is 3.29. The number of imidazole rings is 1. The minimum atomic E-state index is -0.139. The molecule has 5 nitrogen and oxygen atoms in total. The van der Waals surface area contributed by atoms with Crippen LogP contribution in [0.4, 0.5) is 0 Å². The third kappa shape index (κ3) is 3.15. The number of benzene rings is 2. The summed E-state index contributed by atoms with van der Waals surface area (Å²) in [7, 11) is 1.76. The third-order valence-corrected chi connectivity index (χ3v) is 6.10. The van der Waals surface area contributed by atoms with Crippen LogP contribution in [-0.4, -0.2) is 32.5 Å². The predicted octanol–water partition coefficient (Wildman–Crippen LogP) is 3.52. The van der Waals surface area contributed by atoms with Gasteiger partial charge in [-0.1, -0.05) is 49.4 Å². The van der Waals surface area contributed by atoms with Crippen LogP contribution in [0.1, 0.15) is 37.7 Å². The molecule has 2 atom stereocenters. The molecule has 1 fully saturated rings. The second-order valence-corrected chi connectivity index (χ2v) is 7.64. The van der Waals surface area contributed by atoms with Crippen molar-refractivity contribution in [3.8, 4) is 0 Å². The van der Waals surface area contributed by atoms with Crippen molar-refractivity contribution in [2.45, 2.75) is 44.7 Å². The van der Waals surface area contributed by atoms with Crippen LogP contribution in [0.5, 0.6) is 0 Å². The third-order valence-electron chi connectivity index (χ3n) is 6.10. The Hall–Kier alpha value is -2.82. The lowest BCUT2D eigenvalue weighted by molar-refractivity contribution is -0.133. The summed E-state index contributed by atoms with van der Waals surface area (Å²) in [5, 5.41) is 0. The van der Waals surface area contributed by atoms with Crippen molar-refractivity contribution in [3.63, 3.8) is 0 Å². The van der Waals surface area contributed by atoms with Gasteiger partial charge in [-0.15, -0.1) is 0 Å². The van der Waals surface area contributed by atoms with Crippen LogP contribution >= 0.6 is 0 Å². The number of nitrogens with zero attached hydrogens (tertiary/aromatic N) is 3. The highest BCUT2D eigenvalue weighted by Crippen LogP contribution is 2.33. The number of carbonyl (C=O) groups is 1. The number of hydrogen-bond donors (Lipinski definition) is 0. The maximum atomic E-state index is 13.2. The lowest BCUT2D eigenvalue weighted by Crippen LogP contribution is -2.42. The molecule has 2 unspecified atom stereocenters. The van der Waals surface area contributed by atoms with Crippen LogP contribution in [0.15, 0.2) is 59.4 Å². The largest absolute Gasteiger partial charge is 0.338 e. The van der Waals surface area contributed by atoms with Crippen LogP contribution in [0.3, 0.4) is 0 Å². The second-order valence-electron chi connectivity index (χ2n) is 7.64. The molecule has 1 saturated heterocycles. The van der Waals surface area contributed by atoms with E-state index < -0.39 is 0 Å². The molecule has 0 N–H and O–H groups in total. The van der Waals surface area contributed by atoms with E-state index in [1.54, 1.807) is 16.2 Å². The van der Waals surface area contributed by atoms with Gasteiger partial charge in [0.1, 0.15) is 6.54 Å². The molecule has 4 rings (SSSR count). The van der Waals surface area contributed by atoms with Gasteiger partial charge in [-0.3, -0.25) is 13.9 Å². The summed E-state index contributed by atoms with van der Waals surface area (Å²) in [6.07, 6.45) is 3.03. The SMILES string of the molecule is CCC(c1ccccc1)C1CCCN1C(=O)Cn1c(=O)n(C)c2ccccc21. The van der Waals surface area contributed by atoms with Gasteiger partial charge in [0.15, 0.2) is 0 Å². The summed E-state index contributed by atoms with van der Waals surface area (Å²) in [6, 6.07) is 18.3. The minimum Gasteiger partial charge on any atom is -0.338 e. The van der Waals surface area contributed by atoms with E-state index >= 15 is 0 Å². The van der Waals surface area contributed by atoms with Crippen LogP contribution in [0.25, 0.3) is 11.0 Å². The zero-order valence-corrected chi connectivity index (χ0v) is 16.5. The van der Waals surface area contributed by atoms with Crippen LogP contribution in [0.2, 0.25) is 0 Å². The lowest BCUT2D eigenvalue weighted by Gasteiger charge is -2.31. The summed E-state index contributed by atoms with van der Waals surface area (Å²) < 4.78 is 3.22. The van der Waals surface area contributed by atoms with Gasteiger partial charge in [0.05, 0.1) is 11.0 Å². The first-order chi connectivity index (χ1) is 13.6. The molecular formula is C23H27N3O2. The number of para-hydroxylation sites is 2. The number of likely N-dealkylation sites (tertiary alicyclic amines) is 1. The van der Waals surface area contributed by atoms with Crippen molar-refractivity contribution < 1.29 is 4.79 Å². The minimum absolute atomic E-state index is 0.0373. The van der Waals surface area contributed by atoms with Gasteiger partial charge in [-0.25, -0.2) is 4.79 Å². The molecule has 1 amide bonds. The number of amides is 1. The van der Waals surface area contributed by atoms with E-state index in [0.29, 0.717) is 5.92 Å². The zero-order valence-electron chi connectivity index (χ0n) is 16.5. The number of aromatic nitrogens is 2. The first-order valence-corrected chi connectivity index (χ1v) is 10.1. The summed E-state index contributed by atoms with van der Waals surface area (Å²) in [5.74, 6) is 0.368. The molecule has 1 aromatic heterocycles. The Morgan fingerprint density at radius 3 is 2.46 bits per heavy atom. The Balaban J connectivity index is 1.61. The Bertz CT molecular complexity index is 1030. The predicted molar refractivity (Wildman–Crippen MR) is 111 cm³/mol. The molecule has 146 valence electrons. The highest BCUT2D eigenvalue weighted by molar-refractivity contribution is 5.81. The van der Waals surface area contributed by atoms with Gasteiger partial charge < -0.3 is 4.90 Å². The molecule has 2 aromatic carbocycles. The Morgan fingerprint density at radius 2 is 1.75 bits per heavy atom. The number of rotatable bonds is 5. The normalized spacial score (nSPS) is 17.9. The molecule has 2 heterocycles. The van der Waals surface area contributed by atoms with Crippen LogP contribution in [-0.2, 0) is 18.4 Å². The monoisotopic (exact) mass is 377 g/mol. The van der Waals surface area contributed by atoms with Crippen molar-refractivity contribution in [2.75, 3.05) is 6.54 Å². The van der Waals surface area contributed by atoms with Gasteiger partial charge in [-0.2, -0.15) is 0 Å². The number of carbonyl (C=O) groups excluding carboxylic acids is 1. The molecule has 28 heavy (non-hydrogen) atoms. The smallest absolute Gasteiger partial charge is 0.329 e. The van der Waals surface area contributed by atoms with Crippen molar-refractivity contribution >= 4 is 16.9 Å². The Labute approximate surface area is 165 Å². The highest BCUT2D eigenvalue weighted by atomic mass is 16.2. The lowest BCUT2D eigenvalue weighted by atomic mass is 9.87. The molecule has 0 spiro atoms.